The van der Waals surface area contributed by atoms with Crippen molar-refractivity contribution in [3.05, 3.63) is 206 Å². The first-order valence-electron chi connectivity index (χ1n) is 21.6. The molecule has 64 heavy (non-hydrogen) atoms. The van der Waals surface area contributed by atoms with E-state index in [1.54, 1.807) is 11.3 Å². The number of hydrogen-bond donors (Lipinski definition) is 0. The average Bonchev–Trinajstić information content (AvgIpc) is 4.12. The van der Waals surface area contributed by atoms with Crippen LogP contribution in [0.15, 0.2) is 211 Å². The Kier molecular flexibility index (Phi) is 7.49. The number of furan rings is 1. The molecule has 9 aromatic carbocycles. The van der Waals surface area contributed by atoms with Gasteiger partial charge in [0.1, 0.15) is 11.2 Å². The van der Waals surface area contributed by atoms with E-state index >= 15 is 0 Å². The highest BCUT2D eigenvalue weighted by molar-refractivity contribution is 7.22. The molecule has 0 saturated carbocycles. The predicted octanol–water partition coefficient (Wildman–Crippen LogP) is 15.9. The molecule has 0 aliphatic carbocycles. The Morgan fingerprint density at radius 3 is 1.95 bits per heavy atom. The monoisotopic (exact) mass is 834 g/mol. The standard InChI is InChI=1S/C58H34N4OS/c1-3-14-35(15-4-1)54-34-47-57(64-54)56(36-16-5-2-6-17-36)60-58(59-47)62-49-28-26-39(31-44(49)45-30-37-18-7-8-19-38(37)32-51(45)62)41-22-13-24-50-55(41)43-21-9-11-23-48(43)61(50)40-27-29-53-46(33-40)42-20-10-12-25-52(42)63-53/h1-34H. The van der Waals surface area contributed by atoms with E-state index in [1.165, 1.54) is 37.5 Å². The summed E-state index contributed by atoms with van der Waals surface area (Å²) in [7, 11) is 0. The molecule has 0 amide bonds. The van der Waals surface area contributed by atoms with Crippen LogP contribution in [-0.4, -0.2) is 19.1 Å². The van der Waals surface area contributed by atoms with Crippen LogP contribution in [0.2, 0.25) is 0 Å². The normalized spacial score (nSPS) is 12.1. The lowest BCUT2D eigenvalue weighted by Crippen LogP contribution is -2.02. The van der Waals surface area contributed by atoms with E-state index in [0.29, 0.717) is 5.95 Å². The summed E-state index contributed by atoms with van der Waals surface area (Å²) in [6.07, 6.45) is 0. The second-order valence-electron chi connectivity index (χ2n) is 16.5. The van der Waals surface area contributed by atoms with Gasteiger partial charge in [-0.25, -0.2) is 9.97 Å². The van der Waals surface area contributed by atoms with Crippen molar-refractivity contribution in [1.82, 2.24) is 19.1 Å². The molecule has 0 aliphatic heterocycles. The van der Waals surface area contributed by atoms with E-state index in [0.717, 1.165) is 87.5 Å². The third-order valence-electron chi connectivity index (χ3n) is 12.9. The number of hydrogen-bond acceptors (Lipinski definition) is 4. The fourth-order valence-corrected chi connectivity index (χ4v) is 11.1. The molecule has 0 aliphatic rings. The topological polar surface area (TPSA) is 48.8 Å². The van der Waals surface area contributed by atoms with Gasteiger partial charge in [0, 0.05) is 48.4 Å². The molecule has 0 saturated heterocycles. The van der Waals surface area contributed by atoms with Crippen LogP contribution in [0.4, 0.5) is 0 Å². The number of nitrogens with zero attached hydrogens (tertiary/aromatic N) is 4. The summed E-state index contributed by atoms with van der Waals surface area (Å²) in [4.78, 5) is 12.0. The highest BCUT2D eigenvalue weighted by atomic mass is 32.1. The number of benzene rings is 9. The molecule has 0 unspecified atom stereocenters. The van der Waals surface area contributed by atoms with Gasteiger partial charge in [-0.05, 0) is 94.2 Å². The van der Waals surface area contributed by atoms with Gasteiger partial charge < -0.3 is 8.98 Å². The lowest BCUT2D eigenvalue weighted by molar-refractivity contribution is 0.669. The number of thiophene rings is 1. The van der Waals surface area contributed by atoms with Crippen LogP contribution < -0.4 is 0 Å². The quantitative estimate of drug-likeness (QED) is 0.174. The smallest absolute Gasteiger partial charge is 0.235 e. The van der Waals surface area contributed by atoms with Crippen LogP contribution in [0.3, 0.4) is 0 Å². The zero-order chi connectivity index (χ0) is 41.9. The number of para-hydroxylation sites is 2. The Balaban J connectivity index is 1.01. The molecule has 14 aromatic rings. The lowest BCUT2D eigenvalue weighted by atomic mass is 9.97. The van der Waals surface area contributed by atoms with E-state index in [-0.39, 0.29) is 0 Å². The zero-order valence-electron chi connectivity index (χ0n) is 34.2. The second kappa shape index (κ2) is 13.6. The molecule has 5 nitrogen and oxygen atoms in total. The minimum absolute atomic E-state index is 0.652. The maximum absolute atomic E-state index is 6.24. The highest BCUT2D eigenvalue weighted by Gasteiger charge is 2.22. The maximum atomic E-state index is 6.24. The van der Waals surface area contributed by atoms with Crippen molar-refractivity contribution < 1.29 is 4.42 Å². The number of rotatable bonds is 5. The van der Waals surface area contributed by atoms with Gasteiger partial charge in [0.15, 0.2) is 0 Å². The summed E-state index contributed by atoms with van der Waals surface area (Å²) in [6, 6.07) is 73.8. The first kappa shape index (κ1) is 35.3. The van der Waals surface area contributed by atoms with Crippen molar-refractivity contribution in [3.8, 4) is 44.5 Å². The van der Waals surface area contributed by atoms with Gasteiger partial charge >= 0.3 is 0 Å². The fourth-order valence-electron chi connectivity index (χ4n) is 10.0. The largest absolute Gasteiger partial charge is 0.456 e. The van der Waals surface area contributed by atoms with Crippen molar-refractivity contribution in [3.63, 3.8) is 0 Å². The molecule has 5 aromatic heterocycles. The van der Waals surface area contributed by atoms with Crippen LogP contribution in [0.25, 0.3) is 131 Å². The van der Waals surface area contributed by atoms with Crippen molar-refractivity contribution in [2.45, 2.75) is 0 Å². The lowest BCUT2D eigenvalue weighted by Gasteiger charge is -2.11. The molecule has 0 N–H and O–H groups in total. The van der Waals surface area contributed by atoms with Crippen LogP contribution >= 0.6 is 11.3 Å². The zero-order valence-corrected chi connectivity index (χ0v) is 35.1. The van der Waals surface area contributed by atoms with E-state index < -0.39 is 0 Å². The third-order valence-corrected chi connectivity index (χ3v) is 14.1. The summed E-state index contributed by atoms with van der Waals surface area (Å²) in [5.74, 6) is 0.652. The fraction of sp³-hybridized carbons (Fsp3) is 0. The van der Waals surface area contributed by atoms with Crippen molar-refractivity contribution in [1.29, 1.82) is 0 Å². The average molecular weight is 835 g/mol. The van der Waals surface area contributed by atoms with Crippen LogP contribution in [0.5, 0.6) is 0 Å². The van der Waals surface area contributed by atoms with Crippen molar-refractivity contribution >= 4 is 97.9 Å². The van der Waals surface area contributed by atoms with Gasteiger partial charge in [-0.3, -0.25) is 4.57 Å². The summed E-state index contributed by atoms with van der Waals surface area (Å²) in [5, 5.41) is 9.33. The molecular formula is C58H34N4OS. The Morgan fingerprint density at radius 1 is 0.406 bits per heavy atom. The first-order chi connectivity index (χ1) is 31.7. The molecule has 298 valence electrons. The molecule has 0 fully saturated rings. The van der Waals surface area contributed by atoms with Crippen molar-refractivity contribution in [2.24, 2.45) is 0 Å². The van der Waals surface area contributed by atoms with Gasteiger partial charge in [0.25, 0.3) is 0 Å². The van der Waals surface area contributed by atoms with Gasteiger partial charge in [0.05, 0.1) is 38.0 Å². The van der Waals surface area contributed by atoms with E-state index in [9.17, 15) is 0 Å². The highest BCUT2D eigenvalue weighted by Crippen LogP contribution is 2.44. The van der Waals surface area contributed by atoms with Gasteiger partial charge in [0.2, 0.25) is 5.95 Å². The molecular weight excluding hydrogens is 801 g/mol. The van der Waals surface area contributed by atoms with Crippen LogP contribution in [0.1, 0.15) is 0 Å². The first-order valence-corrected chi connectivity index (χ1v) is 22.4. The molecule has 0 bridgehead atoms. The number of aromatic nitrogens is 4. The molecule has 0 radical (unpaired) electrons. The minimum Gasteiger partial charge on any atom is -0.456 e. The van der Waals surface area contributed by atoms with Gasteiger partial charge in [-0.15, -0.1) is 11.3 Å². The SMILES string of the molecule is c1ccc(-c2cc3nc(-n4c5ccc(-c6cccc7c6c6ccccc6n7-c6ccc7oc8ccccc8c7c6)cc5c5cc6ccccc6cc54)nc(-c4ccccc4)c3s2)cc1. The van der Waals surface area contributed by atoms with Crippen LogP contribution in [0, 0.1) is 0 Å². The third kappa shape index (κ3) is 5.24. The Bertz CT molecular complexity index is 4190. The van der Waals surface area contributed by atoms with Crippen LogP contribution in [-0.2, 0) is 0 Å². The van der Waals surface area contributed by atoms with E-state index in [4.69, 9.17) is 14.4 Å². The Morgan fingerprint density at radius 2 is 1.09 bits per heavy atom. The van der Waals surface area contributed by atoms with Gasteiger partial charge in [-0.2, -0.15) is 0 Å². The summed E-state index contributed by atoms with van der Waals surface area (Å²) < 4.78 is 12.0. The van der Waals surface area contributed by atoms with Crippen molar-refractivity contribution in [2.75, 3.05) is 0 Å². The summed E-state index contributed by atoms with van der Waals surface area (Å²) in [6.45, 7) is 0. The molecule has 0 spiro atoms. The Labute approximate surface area is 370 Å². The molecule has 0 atom stereocenters. The number of fused-ring (bicyclic) bond motifs is 11. The summed E-state index contributed by atoms with van der Waals surface area (Å²) >= 11 is 1.75. The van der Waals surface area contributed by atoms with E-state index in [2.05, 4.69) is 203 Å². The van der Waals surface area contributed by atoms with E-state index in [1.807, 2.05) is 12.1 Å². The second-order valence-corrected chi connectivity index (χ2v) is 17.6. The molecule has 5 heterocycles. The Hall–Kier alpha value is -8.32. The molecule has 6 heteroatoms. The summed E-state index contributed by atoms with van der Waals surface area (Å²) in [5.41, 5.74) is 13.8. The predicted molar refractivity (Wildman–Crippen MR) is 267 cm³/mol. The maximum Gasteiger partial charge on any atom is 0.235 e. The van der Waals surface area contributed by atoms with Gasteiger partial charge in [-0.1, -0.05) is 140 Å². The molecule has 14 rings (SSSR count). The minimum atomic E-state index is 0.652.